The number of likely N-dealkylation sites (N-methyl/N-ethyl adjacent to an activating group) is 1. The molecule has 6 rings (SSSR count). The molecule has 3 heterocycles. The van der Waals surface area contributed by atoms with E-state index in [1.165, 1.54) is 23.0 Å². The SMILES string of the molecule is COc1ccc2c3c1OC1C(OC(=O)N4CCC(C(=O)O)CC4CNC(=O)[C@H](CCCN=C(N)N)CC(=O)CNC(=O)CC(C)=O)=CC=C4[C@@H](C2)N(C)CC[C@]431. The predicted octanol–water partition coefficient (Wildman–Crippen LogP) is 0.920. The summed E-state index contributed by atoms with van der Waals surface area (Å²) >= 11 is 0. The van der Waals surface area contributed by atoms with Crippen molar-refractivity contribution in [1.29, 1.82) is 0 Å². The highest BCUT2D eigenvalue weighted by Gasteiger charge is 2.62. The molecule has 2 fully saturated rings. The first kappa shape index (κ1) is 40.2. The molecule has 6 atom stereocenters. The van der Waals surface area contributed by atoms with E-state index in [-0.39, 0.29) is 76.1 Å². The molecule has 2 aliphatic carbocycles. The van der Waals surface area contributed by atoms with Gasteiger partial charge in [0.1, 0.15) is 5.78 Å². The van der Waals surface area contributed by atoms with Gasteiger partial charge in [0.15, 0.2) is 35.1 Å². The molecule has 0 radical (unpaired) electrons. The Morgan fingerprint density at radius 2 is 1.91 bits per heavy atom. The van der Waals surface area contributed by atoms with Crippen LogP contribution in [0.25, 0.3) is 0 Å². The fourth-order valence-corrected chi connectivity index (χ4v) is 8.95. The van der Waals surface area contributed by atoms with E-state index in [4.69, 9.17) is 25.7 Å². The summed E-state index contributed by atoms with van der Waals surface area (Å²) < 4.78 is 18.6. The van der Waals surface area contributed by atoms with Crippen molar-refractivity contribution < 1.29 is 48.1 Å². The van der Waals surface area contributed by atoms with Crippen molar-refractivity contribution in [2.75, 3.05) is 46.9 Å². The Kier molecular flexibility index (Phi) is 12.0. The first-order valence-electron chi connectivity index (χ1n) is 19.0. The lowest BCUT2D eigenvalue weighted by molar-refractivity contribution is -0.144. The van der Waals surface area contributed by atoms with Gasteiger partial charge in [-0.3, -0.25) is 33.9 Å². The minimum Gasteiger partial charge on any atom is -0.493 e. The van der Waals surface area contributed by atoms with Crippen molar-refractivity contribution in [3.8, 4) is 11.5 Å². The van der Waals surface area contributed by atoms with E-state index in [0.29, 0.717) is 23.7 Å². The molecule has 3 amide bonds. The molecule has 2 saturated heterocycles. The normalized spacial score (nSPS) is 24.9. The summed E-state index contributed by atoms with van der Waals surface area (Å²) in [6, 6.07) is 3.42. The number of allylic oxidation sites excluding steroid dienone is 2. The Morgan fingerprint density at radius 3 is 2.62 bits per heavy atom. The van der Waals surface area contributed by atoms with Gasteiger partial charge < -0.3 is 46.3 Å². The molecule has 3 aliphatic heterocycles. The number of rotatable bonds is 16. The summed E-state index contributed by atoms with van der Waals surface area (Å²) in [5.41, 5.74) is 13.8. The lowest BCUT2D eigenvalue weighted by Crippen LogP contribution is -2.59. The second kappa shape index (κ2) is 16.7. The number of guanidine groups is 1. The number of hydrogen-bond donors (Lipinski definition) is 5. The summed E-state index contributed by atoms with van der Waals surface area (Å²) in [5, 5.41) is 15.2. The number of benzene rings is 1. The molecular weight excluding hydrogens is 726 g/mol. The van der Waals surface area contributed by atoms with Crippen LogP contribution in [0.3, 0.4) is 0 Å². The van der Waals surface area contributed by atoms with E-state index in [0.717, 1.165) is 24.9 Å². The van der Waals surface area contributed by atoms with Crippen LogP contribution in [-0.2, 0) is 40.5 Å². The monoisotopic (exact) mass is 777 g/mol. The number of nitrogens with one attached hydrogen (secondary N) is 2. The van der Waals surface area contributed by atoms with Gasteiger partial charge in [-0.05, 0) is 82.3 Å². The maximum atomic E-state index is 14.1. The van der Waals surface area contributed by atoms with Gasteiger partial charge in [-0.15, -0.1) is 0 Å². The Bertz CT molecular complexity index is 1870. The molecule has 56 heavy (non-hydrogen) atoms. The third-order valence-corrected chi connectivity index (χ3v) is 11.7. The number of ether oxygens (including phenoxy) is 3. The minimum atomic E-state index is -1.01. The van der Waals surface area contributed by atoms with Crippen molar-refractivity contribution >= 4 is 41.4 Å². The van der Waals surface area contributed by atoms with Crippen LogP contribution in [0.1, 0.15) is 63.0 Å². The molecule has 0 aromatic heterocycles. The van der Waals surface area contributed by atoms with Gasteiger partial charge in [0.05, 0.1) is 37.5 Å². The smallest absolute Gasteiger partial charge is 0.415 e. The van der Waals surface area contributed by atoms with Gasteiger partial charge in [0, 0.05) is 43.6 Å². The zero-order valence-electron chi connectivity index (χ0n) is 32.0. The van der Waals surface area contributed by atoms with Crippen molar-refractivity contribution in [2.24, 2.45) is 28.3 Å². The molecule has 17 nitrogen and oxygen atoms in total. The third kappa shape index (κ3) is 8.08. The Balaban J connectivity index is 1.17. The molecule has 1 aromatic carbocycles. The van der Waals surface area contributed by atoms with E-state index < -0.39 is 59.1 Å². The lowest BCUT2D eigenvalue weighted by atomic mass is 9.57. The van der Waals surface area contributed by atoms with Crippen molar-refractivity contribution in [2.45, 2.75) is 81.9 Å². The van der Waals surface area contributed by atoms with Gasteiger partial charge >= 0.3 is 12.1 Å². The number of aliphatic carboxylic acids is 1. The van der Waals surface area contributed by atoms with Crippen LogP contribution < -0.4 is 31.6 Å². The van der Waals surface area contributed by atoms with E-state index in [1.807, 2.05) is 12.1 Å². The number of carboxylic acids is 1. The number of carboxylic acid groups (broad SMARTS) is 1. The molecule has 5 aliphatic rings. The van der Waals surface area contributed by atoms with E-state index >= 15 is 0 Å². The van der Waals surface area contributed by atoms with Crippen molar-refractivity contribution in [1.82, 2.24) is 20.4 Å². The van der Waals surface area contributed by atoms with Gasteiger partial charge in [0.2, 0.25) is 11.8 Å². The second-order valence-electron chi connectivity index (χ2n) is 15.3. The van der Waals surface area contributed by atoms with Crippen LogP contribution in [0.15, 0.2) is 40.6 Å². The Morgan fingerprint density at radius 1 is 1.12 bits per heavy atom. The number of hydrogen-bond acceptors (Lipinski definition) is 11. The minimum absolute atomic E-state index is 0.0635. The number of piperidine rings is 2. The molecule has 302 valence electrons. The number of amides is 3. The molecule has 1 aromatic rings. The summed E-state index contributed by atoms with van der Waals surface area (Å²) in [7, 11) is 3.71. The summed E-state index contributed by atoms with van der Waals surface area (Å²) in [5.74, 6) is -2.99. The molecular formula is C39H51N7O10. The number of Topliss-reactive ketones (excluding diaryl/α,β-unsaturated/α-hetero) is 2. The molecule has 2 bridgehead atoms. The van der Waals surface area contributed by atoms with Crippen molar-refractivity contribution in [3.05, 3.63) is 46.7 Å². The topological polar surface area (TPSA) is 245 Å². The highest BCUT2D eigenvalue weighted by molar-refractivity contribution is 5.98. The van der Waals surface area contributed by atoms with Crippen LogP contribution in [-0.4, -0.2) is 121 Å². The molecule has 1 spiro atoms. The highest BCUT2D eigenvalue weighted by Crippen LogP contribution is 2.62. The molecule has 0 saturated carbocycles. The predicted molar refractivity (Wildman–Crippen MR) is 202 cm³/mol. The second-order valence-corrected chi connectivity index (χ2v) is 15.3. The number of nitrogens with zero attached hydrogens (tertiary/aromatic N) is 3. The largest absolute Gasteiger partial charge is 0.493 e. The number of aliphatic imine (C=N–C) groups is 1. The first-order chi connectivity index (χ1) is 26.7. The van der Waals surface area contributed by atoms with E-state index in [1.54, 1.807) is 13.2 Å². The van der Waals surface area contributed by atoms with Crippen LogP contribution in [0.4, 0.5) is 4.79 Å². The molecule has 17 heteroatoms. The number of carbonyl (C=O) groups excluding carboxylic acids is 5. The van der Waals surface area contributed by atoms with E-state index in [2.05, 4.69) is 33.6 Å². The first-order valence-corrected chi connectivity index (χ1v) is 19.0. The quantitative estimate of drug-likeness (QED) is 0.0680. The molecule has 3 unspecified atom stereocenters. The number of carbonyl (C=O) groups is 6. The zero-order chi connectivity index (χ0) is 40.3. The fourth-order valence-electron chi connectivity index (χ4n) is 8.95. The average molecular weight is 778 g/mol. The summed E-state index contributed by atoms with van der Waals surface area (Å²) in [6.07, 6.45) is 4.36. The van der Waals surface area contributed by atoms with E-state index in [9.17, 15) is 33.9 Å². The maximum absolute atomic E-state index is 14.1. The third-order valence-electron chi connectivity index (χ3n) is 11.7. The van der Waals surface area contributed by atoms with Crippen molar-refractivity contribution in [3.63, 3.8) is 0 Å². The lowest BCUT2D eigenvalue weighted by Gasteiger charge is -2.52. The average Bonchev–Trinajstić information content (AvgIpc) is 3.51. The van der Waals surface area contributed by atoms with Gasteiger partial charge in [-0.2, -0.15) is 0 Å². The number of likely N-dealkylation sites (tertiary alicyclic amines) is 2. The number of ketones is 2. The molecule has 7 N–H and O–H groups in total. The van der Waals surface area contributed by atoms with Gasteiger partial charge in [0.25, 0.3) is 0 Å². The number of nitrogens with two attached hydrogens (primary N) is 2. The highest BCUT2D eigenvalue weighted by atomic mass is 16.6. The zero-order valence-corrected chi connectivity index (χ0v) is 32.0. The standard InChI is InChI=1S/C39H51N7O10/c1-21(47)15-31(49)43-20-26(48)17-23(5-4-12-42-37(40)41)35(50)44-19-25-16-24(36(51)52)10-13-46(25)38(53)55-30-9-7-27-28-18-22-6-8-29(54-3)33-32(22)39(27,34(30)56-33)11-14-45(28)2/h6-9,23-25,28,34H,4-5,10-20H2,1-3H3,(H,43,49)(H,44,50)(H,51,52)(H4,40,41,42)/t23-,24?,25?,28-,34?,39+/m1/s1. The van der Waals surface area contributed by atoms with Crippen LogP contribution in [0, 0.1) is 11.8 Å². The Labute approximate surface area is 324 Å². The van der Waals surface area contributed by atoms with Gasteiger partial charge in [-0.25, -0.2) is 4.79 Å². The maximum Gasteiger partial charge on any atom is 0.415 e. The fraction of sp³-hybridized carbons (Fsp3) is 0.564. The van der Waals surface area contributed by atoms with Crippen LogP contribution in [0.2, 0.25) is 0 Å². The summed E-state index contributed by atoms with van der Waals surface area (Å²) in [4.78, 5) is 83.7. The summed E-state index contributed by atoms with van der Waals surface area (Å²) in [6.45, 7) is 1.91. The van der Waals surface area contributed by atoms with Crippen LogP contribution in [0.5, 0.6) is 11.5 Å². The van der Waals surface area contributed by atoms with Gasteiger partial charge in [-0.1, -0.05) is 12.1 Å². The Hall–Kier alpha value is -5.45. The number of methoxy groups -OCH3 is 1. The van der Waals surface area contributed by atoms with Crippen LogP contribution >= 0.6 is 0 Å².